The van der Waals surface area contributed by atoms with E-state index < -0.39 is 0 Å². The van der Waals surface area contributed by atoms with Gasteiger partial charge >= 0.3 is 6.03 Å². The number of fused-ring (bicyclic) bond motifs is 2. The smallest absolute Gasteiger partial charge is 0.314 e. The van der Waals surface area contributed by atoms with E-state index in [1.807, 2.05) is 6.92 Å². The van der Waals surface area contributed by atoms with Crippen LogP contribution in [0.2, 0.25) is 0 Å². The lowest BCUT2D eigenvalue weighted by atomic mass is 10.0. The molecule has 14 heavy (non-hydrogen) atoms. The Morgan fingerprint density at radius 3 is 2.57 bits per heavy atom. The molecule has 2 fully saturated rings. The van der Waals surface area contributed by atoms with Crippen molar-refractivity contribution < 1.29 is 4.79 Å². The minimum atomic E-state index is -0.0150. The van der Waals surface area contributed by atoms with E-state index in [-0.39, 0.29) is 6.03 Å². The number of nitrogens with one attached hydrogen (secondary N) is 3. The molecule has 4 nitrogen and oxygen atoms in total. The topological polar surface area (TPSA) is 53.2 Å². The van der Waals surface area contributed by atoms with Gasteiger partial charge in [0.1, 0.15) is 0 Å². The van der Waals surface area contributed by atoms with E-state index in [4.69, 9.17) is 0 Å². The molecule has 2 aliphatic rings. The zero-order valence-electron chi connectivity index (χ0n) is 8.68. The van der Waals surface area contributed by atoms with Crippen LogP contribution in [-0.4, -0.2) is 30.7 Å². The quantitative estimate of drug-likeness (QED) is 0.607. The summed E-state index contributed by atoms with van der Waals surface area (Å²) >= 11 is 0. The maximum absolute atomic E-state index is 11.3. The van der Waals surface area contributed by atoms with Crippen molar-refractivity contribution in [3.8, 4) is 0 Å². The van der Waals surface area contributed by atoms with Crippen molar-refractivity contribution >= 4 is 6.03 Å². The second-order valence-corrected chi connectivity index (χ2v) is 4.31. The van der Waals surface area contributed by atoms with Crippen LogP contribution in [0.1, 0.15) is 32.6 Å². The highest BCUT2D eigenvalue weighted by atomic mass is 16.2. The number of rotatable bonds is 2. The van der Waals surface area contributed by atoms with Crippen LogP contribution in [0, 0.1) is 0 Å². The first-order chi connectivity index (χ1) is 6.78. The Labute approximate surface area is 84.8 Å². The monoisotopic (exact) mass is 197 g/mol. The number of urea groups is 1. The molecular weight excluding hydrogens is 178 g/mol. The number of carbonyl (C=O) groups excluding carboxylic acids is 1. The molecule has 2 rings (SSSR count). The van der Waals surface area contributed by atoms with Crippen LogP contribution >= 0.6 is 0 Å². The summed E-state index contributed by atoms with van der Waals surface area (Å²) in [6, 6.07) is 1.64. The van der Waals surface area contributed by atoms with Gasteiger partial charge < -0.3 is 16.0 Å². The maximum atomic E-state index is 11.3. The van der Waals surface area contributed by atoms with E-state index in [0.29, 0.717) is 24.7 Å². The molecule has 2 saturated heterocycles. The van der Waals surface area contributed by atoms with Crippen molar-refractivity contribution in [3.05, 3.63) is 0 Å². The Morgan fingerprint density at radius 1 is 1.36 bits per heavy atom. The second-order valence-electron chi connectivity index (χ2n) is 4.31. The highest BCUT2D eigenvalue weighted by Gasteiger charge is 2.33. The van der Waals surface area contributed by atoms with E-state index in [1.54, 1.807) is 0 Å². The van der Waals surface area contributed by atoms with E-state index in [1.165, 1.54) is 12.8 Å². The average molecular weight is 197 g/mol. The highest BCUT2D eigenvalue weighted by molar-refractivity contribution is 5.74. The number of hydrogen-bond donors (Lipinski definition) is 3. The van der Waals surface area contributed by atoms with Gasteiger partial charge in [0, 0.05) is 24.7 Å². The SMILES string of the molecule is CCNC(=O)NC1CC2CCC(C1)N2. The Kier molecular flexibility index (Phi) is 2.91. The average Bonchev–Trinajstić information content (AvgIpc) is 2.46. The molecule has 2 aliphatic heterocycles. The van der Waals surface area contributed by atoms with E-state index in [2.05, 4.69) is 16.0 Å². The largest absolute Gasteiger partial charge is 0.338 e. The van der Waals surface area contributed by atoms with Gasteiger partial charge in [-0.1, -0.05) is 0 Å². The van der Waals surface area contributed by atoms with E-state index >= 15 is 0 Å². The van der Waals surface area contributed by atoms with Gasteiger partial charge in [0.2, 0.25) is 0 Å². The first-order valence-corrected chi connectivity index (χ1v) is 5.58. The van der Waals surface area contributed by atoms with Crippen LogP contribution in [0.25, 0.3) is 0 Å². The molecule has 0 radical (unpaired) electrons. The Balaban J connectivity index is 1.79. The molecular formula is C10H19N3O. The Morgan fingerprint density at radius 2 is 2.00 bits per heavy atom. The number of amides is 2. The first-order valence-electron chi connectivity index (χ1n) is 5.58. The lowest BCUT2D eigenvalue weighted by molar-refractivity contribution is 0.230. The standard InChI is InChI=1S/C10H19N3O/c1-2-11-10(14)13-9-5-7-3-4-8(6-9)12-7/h7-9,12H,2-6H2,1H3,(H2,11,13,14). The fourth-order valence-corrected chi connectivity index (χ4v) is 2.57. The minimum absolute atomic E-state index is 0.0150. The molecule has 0 aromatic carbocycles. The fourth-order valence-electron chi connectivity index (χ4n) is 2.57. The van der Waals surface area contributed by atoms with Gasteiger partial charge in [-0.05, 0) is 32.6 Å². The summed E-state index contributed by atoms with van der Waals surface area (Å²) in [6.07, 6.45) is 4.73. The van der Waals surface area contributed by atoms with Gasteiger partial charge in [-0.25, -0.2) is 4.79 Å². The fraction of sp³-hybridized carbons (Fsp3) is 0.900. The first kappa shape index (κ1) is 9.77. The molecule has 2 unspecified atom stereocenters. The zero-order chi connectivity index (χ0) is 9.97. The van der Waals surface area contributed by atoms with Crippen molar-refractivity contribution in [1.29, 1.82) is 0 Å². The summed E-state index contributed by atoms with van der Waals surface area (Å²) in [7, 11) is 0. The summed E-state index contributed by atoms with van der Waals surface area (Å²) < 4.78 is 0. The van der Waals surface area contributed by atoms with Crippen molar-refractivity contribution in [1.82, 2.24) is 16.0 Å². The number of carbonyl (C=O) groups is 1. The highest BCUT2D eigenvalue weighted by Crippen LogP contribution is 2.26. The van der Waals surface area contributed by atoms with Crippen LogP contribution in [0.3, 0.4) is 0 Å². The summed E-state index contributed by atoms with van der Waals surface area (Å²) in [5, 5.41) is 9.36. The molecule has 0 aromatic rings. The molecule has 0 saturated carbocycles. The normalized spacial score (nSPS) is 35.4. The van der Waals surface area contributed by atoms with Gasteiger partial charge in [0.25, 0.3) is 0 Å². The number of hydrogen-bond acceptors (Lipinski definition) is 2. The van der Waals surface area contributed by atoms with Crippen LogP contribution in [0.4, 0.5) is 4.79 Å². The molecule has 2 heterocycles. The molecule has 2 amide bonds. The zero-order valence-corrected chi connectivity index (χ0v) is 8.68. The van der Waals surface area contributed by atoms with Crippen molar-refractivity contribution in [3.63, 3.8) is 0 Å². The third-order valence-electron chi connectivity index (χ3n) is 3.15. The minimum Gasteiger partial charge on any atom is -0.338 e. The summed E-state index contributed by atoms with van der Waals surface area (Å²) in [5.41, 5.74) is 0. The third kappa shape index (κ3) is 2.18. The number of piperidine rings is 1. The van der Waals surface area contributed by atoms with Gasteiger partial charge in [0.05, 0.1) is 0 Å². The van der Waals surface area contributed by atoms with Crippen LogP contribution in [0.5, 0.6) is 0 Å². The molecule has 2 atom stereocenters. The second kappa shape index (κ2) is 4.17. The molecule has 80 valence electrons. The van der Waals surface area contributed by atoms with Gasteiger partial charge in [-0.15, -0.1) is 0 Å². The van der Waals surface area contributed by atoms with E-state index in [9.17, 15) is 4.79 Å². The van der Waals surface area contributed by atoms with Gasteiger partial charge in [-0.2, -0.15) is 0 Å². The van der Waals surface area contributed by atoms with Crippen molar-refractivity contribution in [2.45, 2.75) is 50.7 Å². The Bertz CT molecular complexity index is 207. The van der Waals surface area contributed by atoms with Crippen LogP contribution < -0.4 is 16.0 Å². The summed E-state index contributed by atoms with van der Waals surface area (Å²) in [6.45, 7) is 2.63. The Hall–Kier alpha value is -0.770. The molecule has 2 bridgehead atoms. The predicted octanol–water partition coefficient (Wildman–Crippen LogP) is 0.588. The predicted molar refractivity (Wildman–Crippen MR) is 55.2 cm³/mol. The van der Waals surface area contributed by atoms with E-state index in [0.717, 1.165) is 12.8 Å². The van der Waals surface area contributed by atoms with Gasteiger partial charge in [0.15, 0.2) is 0 Å². The van der Waals surface area contributed by atoms with Gasteiger partial charge in [-0.3, -0.25) is 0 Å². The molecule has 4 heteroatoms. The summed E-state index contributed by atoms with van der Waals surface area (Å²) in [5.74, 6) is 0. The summed E-state index contributed by atoms with van der Waals surface area (Å²) in [4.78, 5) is 11.3. The van der Waals surface area contributed by atoms with Crippen molar-refractivity contribution in [2.75, 3.05) is 6.54 Å². The lowest BCUT2D eigenvalue weighted by Gasteiger charge is -2.29. The third-order valence-corrected chi connectivity index (χ3v) is 3.15. The maximum Gasteiger partial charge on any atom is 0.314 e. The molecule has 0 spiro atoms. The molecule has 3 N–H and O–H groups in total. The molecule has 0 aromatic heterocycles. The van der Waals surface area contributed by atoms with Crippen LogP contribution in [-0.2, 0) is 0 Å². The molecule has 0 aliphatic carbocycles. The lowest BCUT2D eigenvalue weighted by Crippen LogP contribution is -2.50. The van der Waals surface area contributed by atoms with Crippen molar-refractivity contribution in [2.24, 2.45) is 0 Å². The van der Waals surface area contributed by atoms with Crippen LogP contribution in [0.15, 0.2) is 0 Å².